The van der Waals surface area contributed by atoms with E-state index in [4.69, 9.17) is 11.6 Å². The second-order valence-corrected chi connectivity index (χ2v) is 3.35. The van der Waals surface area contributed by atoms with Gasteiger partial charge in [0, 0.05) is 19.2 Å². The van der Waals surface area contributed by atoms with Crippen LogP contribution >= 0.6 is 11.6 Å². The molecule has 1 aliphatic heterocycles. The average molecular weight is 210 g/mol. The molecule has 72 valence electrons. The summed E-state index contributed by atoms with van der Waals surface area (Å²) >= 11 is 5.78. The lowest BCUT2D eigenvalue weighted by molar-refractivity contribution is 0.484. The molecule has 1 aromatic rings. The Morgan fingerprint density at radius 3 is 2.71 bits per heavy atom. The van der Waals surface area contributed by atoms with Crippen molar-refractivity contribution in [1.82, 2.24) is 9.74 Å². The third-order valence-corrected chi connectivity index (χ3v) is 2.46. The lowest BCUT2D eigenvalue weighted by Gasteiger charge is -2.30. The van der Waals surface area contributed by atoms with Crippen LogP contribution in [-0.4, -0.2) is 11.2 Å². The number of nitrogens with zero attached hydrogens (tertiary/aromatic N) is 3. The van der Waals surface area contributed by atoms with Crippen molar-refractivity contribution in [3.63, 3.8) is 0 Å². The molecular weight excluding hydrogens is 202 g/mol. The van der Waals surface area contributed by atoms with Crippen molar-refractivity contribution in [2.75, 3.05) is 0 Å². The van der Waals surface area contributed by atoms with Gasteiger partial charge in [0.15, 0.2) is 5.70 Å². The minimum Gasteiger partial charge on any atom is -0.593 e. The first-order chi connectivity index (χ1) is 6.64. The first-order valence-corrected chi connectivity index (χ1v) is 4.46. The fourth-order valence-electron chi connectivity index (χ4n) is 1.22. The number of hydrogen-bond donors (Lipinski definition) is 0. The first kappa shape index (κ1) is 9.33. The zero-order chi connectivity index (χ0) is 10.2. The maximum absolute atomic E-state index is 12.2. The summed E-state index contributed by atoms with van der Waals surface area (Å²) in [6, 6.07) is 5.12. The molecule has 1 unspecified atom stereocenters. The molecule has 1 atom stereocenters. The molecule has 0 aliphatic carbocycles. The van der Waals surface area contributed by atoms with Crippen molar-refractivity contribution in [2.45, 2.75) is 6.92 Å². The quantitative estimate of drug-likeness (QED) is 0.527. The number of hydroxylamine groups is 1. The van der Waals surface area contributed by atoms with Gasteiger partial charge in [-0.05, 0) is 6.07 Å². The molecule has 0 amide bonds. The standard InChI is InChI=1S/C9H8ClN3O/c1-7-8(10)6-12-13(7,14)9-4-2-3-5-11-9/h2-6H,1H3. The van der Waals surface area contributed by atoms with Crippen LogP contribution in [0.5, 0.6) is 0 Å². The van der Waals surface area contributed by atoms with E-state index in [9.17, 15) is 5.21 Å². The Labute approximate surface area is 86.3 Å². The molecule has 0 spiro atoms. The van der Waals surface area contributed by atoms with Crippen molar-refractivity contribution >= 4 is 23.6 Å². The Hall–Kier alpha value is -1.23. The van der Waals surface area contributed by atoms with Gasteiger partial charge >= 0.3 is 0 Å². The number of hydrogen-bond acceptors (Lipinski definition) is 3. The minimum atomic E-state index is -0.931. The van der Waals surface area contributed by atoms with Crippen molar-refractivity contribution in [3.05, 3.63) is 40.3 Å². The summed E-state index contributed by atoms with van der Waals surface area (Å²) < 4.78 is -0.931. The smallest absolute Gasteiger partial charge is 0.259 e. The topological polar surface area (TPSA) is 48.3 Å². The molecule has 1 aliphatic rings. The largest absolute Gasteiger partial charge is 0.593 e. The third-order valence-electron chi connectivity index (χ3n) is 2.09. The highest BCUT2D eigenvalue weighted by Gasteiger charge is 2.31. The van der Waals surface area contributed by atoms with E-state index in [2.05, 4.69) is 10.1 Å². The van der Waals surface area contributed by atoms with Gasteiger partial charge in [0.25, 0.3) is 5.82 Å². The van der Waals surface area contributed by atoms with Crippen LogP contribution in [0.1, 0.15) is 6.92 Å². The van der Waals surface area contributed by atoms with Gasteiger partial charge < -0.3 is 5.21 Å². The molecule has 0 saturated carbocycles. The predicted octanol–water partition coefficient (Wildman–Crippen LogP) is 2.36. The van der Waals surface area contributed by atoms with Gasteiger partial charge in [-0.2, -0.15) is 4.76 Å². The maximum atomic E-state index is 12.2. The fourth-order valence-corrected chi connectivity index (χ4v) is 1.38. The Morgan fingerprint density at radius 2 is 2.21 bits per heavy atom. The SMILES string of the molecule is CC1=C(Cl)C=N[N+]1([O-])c1ccccn1. The number of rotatable bonds is 1. The highest BCUT2D eigenvalue weighted by Crippen LogP contribution is 2.32. The number of allylic oxidation sites excluding steroid dienone is 2. The number of pyridine rings is 1. The molecule has 0 bridgehead atoms. The number of halogens is 1. The fraction of sp³-hybridized carbons (Fsp3) is 0.111. The zero-order valence-corrected chi connectivity index (χ0v) is 8.27. The van der Waals surface area contributed by atoms with Crippen LogP contribution in [0.2, 0.25) is 0 Å². The van der Waals surface area contributed by atoms with Gasteiger partial charge in [-0.1, -0.05) is 22.8 Å². The van der Waals surface area contributed by atoms with Crippen LogP contribution in [0.15, 0.2) is 40.2 Å². The van der Waals surface area contributed by atoms with Crippen LogP contribution < -0.4 is 4.76 Å². The van der Waals surface area contributed by atoms with Crippen LogP contribution in [0.3, 0.4) is 0 Å². The van der Waals surface area contributed by atoms with E-state index >= 15 is 0 Å². The Morgan fingerprint density at radius 1 is 1.43 bits per heavy atom. The third kappa shape index (κ3) is 1.24. The molecular formula is C9H8ClN3O. The van der Waals surface area contributed by atoms with Crippen LogP contribution in [0.25, 0.3) is 0 Å². The summed E-state index contributed by atoms with van der Waals surface area (Å²) in [6.07, 6.45) is 2.92. The summed E-state index contributed by atoms with van der Waals surface area (Å²) in [6.45, 7) is 1.65. The maximum Gasteiger partial charge on any atom is 0.259 e. The van der Waals surface area contributed by atoms with Crippen molar-refractivity contribution in [3.8, 4) is 0 Å². The van der Waals surface area contributed by atoms with E-state index in [0.717, 1.165) is 0 Å². The monoisotopic (exact) mass is 209 g/mol. The molecule has 4 nitrogen and oxygen atoms in total. The van der Waals surface area contributed by atoms with Gasteiger partial charge in [0.1, 0.15) is 11.2 Å². The molecule has 0 saturated heterocycles. The minimum absolute atomic E-state index is 0.317. The van der Waals surface area contributed by atoms with Gasteiger partial charge in [0.2, 0.25) is 0 Å². The first-order valence-electron chi connectivity index (χ1n) is 4.09. The zero-order valence-electron chi connectivity index (χ0n) is 7.51. The lowest BCUT2D eigenvalue weighted by Crippen LogP contribution is -2.33. The highest BCUT2D eigenvalue weighted by molar-refractivity contribution is 6.40. The molecule has 0 N–H and O–H groups in total. The molecule has 14 heavy (non-hydrogen) atoms. The van der Waals surface area contributed by atoms with Crippen molar-refractivity contribution in [1.29, 1.82) is 0 Å². The number of aromatic nitrogens is 1. The Kier molecular flexibility index (Phi) is 2.11. The second kappa shape index (κ2) is 3.16. The molecule has 0 aromatic carbocycles. The summed E-state index contributed by atoms with van der Waals surface area (Å²) in [5.74, 6) is 0.317. The van der Waals surface area contributed by atoms with Crippen LogP contribution in [-0.2, 0) is 0 Å². The predicted molar refractivity (Wildman–Crippen MR) is 56.4 cm³/mol. The van der Waals surface area contributed by atoms with E-state index < -0.39 is 4.76 Å². The molecule has 2 rings (SSSR count). The van der Waals surface area contributed by atoms with E-state index in [1.54, 1.807) is 31.3 Å². The number of quaternary nitrogens is 1. The van der Waals surface area contributed by atoms with E-state index in [-0.39, 0.29) is 0 Å². The molecule has 0 fully saturated rings. The molecule has 1 aromatic heterocycles. The van der Waals surface area contributed by atoms with E-state index in [0.29, 0.717) is 16.5 Å². The molecule has 2 heterocycles. The normalized spacial score (nSPS) is 25.9. The Bertz CT molecular complexity index is 415. The van der Waals surface area contributed by atoms with Gasteiger partial charge in [-0.25, -0.2) is 4.98 Å². The average Bonchev–Trinajstić information content (AvgIpc) is 2.49. The van der Waals surface area contributed by atoms with Crippen LogP contribution in [0.4, 0.5) is 5.82 Å². The van der Waals surface area contributed by atoms with Gasteiger partial charge in [0.05, 0.1) is 0 Å². The Balaban J connectivity index is 2.51. The summed E-state index contributed by atoms with van der Waals surface area (Å²) in [4.78, 5) is 3.97. The lowest BCUT2D eigenvalue weighted by atomic mass is 10.4. The van der Waals surface area contributed by atoms with Crippen molar-refractivity contribution in [2.24, 2.45) is 5.10 Å². The van der Waals surface area contributed by atoms with Gasteiger partial charge in [-0.15, -0.1) is 0 Å². The summed E-state index contributed by atoms with van der Waals surface area (Å²) in [5, 5.41) is 16.3. The highest BCUT2D eigenvalue weighted by atomic mass is 35.5. The summed E-state index contributed by atoms with van der Waals surface area (Å²) in [7, 11) is 0. The van der Waals surface area contributed by atoms with Crippen molar-refractivity contribution < 1.29 is 0 Å². The van der Waals surface area contributed by atoms with Crippen LogP contribution in [0, 0.1) is 5.21 Å². The second-order valence-electron chi connectivity index (χ2n) is 2.94. The van der Waals surface area contributed by atoms with E-state index in [1.165, 1.54) is 6.21 Å². The van der Waals surface area contributed by atoms with E-state index in [1.807, 2.05) is 0 Å². The molecule has 0 radical (unpaired) electrons. The summed E-state index contributed by atoms with van der Waals surface area (Å²) in [5.41, 5.74) is 0.436. The van der Waals surface area contributed by atoms with Gasteiger partial charge in [-0.3, -0.25) is 0 Å². The molecule has 5 heteroatoms.